The monoisotopic (exact) mass is 442 g/mol. The molecule has 2 N–H and O–H groups in total. The summed E-state index contributed by atoms with van der Waals surface area (Å²) in [6, 6.07) is 17.7. The molecule has 0 saturated carbocycles. The quantitative estimate of drug-likeness (QED) is 0.517. The highest BCUT2D eigenvalue weighted by atomic mass is 19.4. The Bertz CT molecular complexity index is 1110. The van der Waals surface area contributed by atoms with Crippen LogP contribution in [0.3, 0.4) is 0 Å². The van der Waals surface area contributed by atoms with Crippen molar-refractivity contribution in [2.24, 2.45) is 0 Å². The largest absolute Gasteiger partial charge is 0.481 e. The Hall–Kier alpha value is -3.81. The van der Waals surface area contributed by atoms with Crippen LogP contribution in [0.4, 0.5) is 24.5 Å². The van der Waals surface area contributed by atoms with E-state index < -0.39 is 23.8 Å². The first-order chi connectivity index (χ1) is 15.1. The molecule has 5 nitrogen and oxygen atoms in total. The molecule has 0 aromatic heterocycles. The number of rotatable bonds is 6. The molecule has 0 spiro atoms. The predicted molar refractivity (Wildman–Crippen MR) is 116 cm³/mol. The van der Waals surface area contributed by atoms with E-state index in [1.807, 2.05) is 25.1 Å². The van der Waals surface area contributed by atoms with Crippen LogP contribution < -0.4 is 15.4 Å². The van der Waals surface area contributed by atoms with Gasteiger partial charge in [-0.1, -0.05) is 18.2 Å². The summed E-state index contributed by atoms with van der Waals surface area (Å²) in [5, 5.41) is 5.13. The number of hydrogen-bond donors (Lipinski definition) is 2. The number of benzene rings is 3. The Morgan fingerprint density at radius 2 is 1.56 bits per heavy atom. The number of nitrogens with one attached hydrogen (secondary N) is 2. The predicted octanol–water partition coefficient (Wildman–Crippen LogP) is 5.67. The van der Waals surface area contributed by atoms with Gasteiger partial charge >= 0.3 is 6.18 Å². The smallest absolute Gasteiger partial charge is 0.416 e. The van der Waals surface area contributed by atoms with Gasteiger partial charge < -0.3 is 15.4 Å². The number of carbonyl (C=O) groups excluding carboxylic acids is 2. The summed E-state index contributed by atoms with van der Waals surface area (Å²) in [5.74, 6) is -0.361. The van der Waals surface area contributed by atoms with Gasteiger partial charge in [-0.05, 0) is 74.0 Å². The fourth-order valence-electron chi connectivity index (χ4n) is 2.87. The Morgan fingerprint density at radius 3 is 2.22 bits per heavy atom. The van der Waals surface area contributed by atoms with Gasteiger partial charge in [0.15, 0.2) is 6.10 Å². The zero-order chi connectivity index (χ0) is 23.3. The summed E-state index contributed by atoms with van der Waals surface area (Å²) in [6.45, 7) is 3.54. The van der Waals surface area contributed by atoms with E-state index in [0.29, 0.717) is 11.4 Å². The van der Waals surface area contributed by atoms with Crippen LogP contribution in [0, 0.1) is 6.92 Å². The maximum atomic E-state index is 12.8. The summed E-state index contributed by atoms with van der Waals surface area (Å²) >= 11 is 0. The van der Waals surface area contributed by atoms with Crippen LogP contribution in [-0.2, 0) is 11.0 Å². The standard InChI is InChI=1S/C24H21F3N2O3/c1-15-5-3-8-21(13-15)32-16(2)22(30)28-19-11-9-17(10-12-19)23(31)29-20-7-4-6-18(14-20)24(25,26)27/h3-14,16H,1-2H3,(H,28,30)(H,29,31). The average Bonchev–Trinajstić information content (AvgIpc) is 2.74. The zero-order valence-electron chi connectivity index (χ0n) is 17.4. The molecule has 0 aliphatic rings. The van der Waals surface area contributed by atoms with Crippen LogP contribution in [0.1, 0.15) is 28.4 Å². The lowest BCUT2D eigenvalue weighted by atomic mass is 10.1. The second-order valence-corrected chi connectivity index (χ2v) is 7.18. The van der Waals surface area contributed by atoms with Gasteiger partial charge in [0.25, 0.3) is 11.8 Å². The summed E-state index contributed by atoms with van der Waals surface area (Å²) < 4.78 is 44.1. The van der Waals surface area contributed by atoms with Crippen molar-refractivity contribution in [1.29, 1.82) is 0 Å². The second kappa shape index (κ2) is 9.55. The Labute approximate surface area is 183 Å². The van der Waals surface area contributed by atoms with Crippen molar-refractivity contribution in [1.82, 2.24) is 0 Å². The second-order valence-electron chi connectivity index (χ2n) is 7.18. The third-order valence-electron chi connectivity index (χ3n) is 4.53. The van der Waals surface area contributed by atoms with Crippen LogP contribution in [-0.4, -0.2) is 17.9 Å². The Balaban J connectivity index is 1.59. The lowest BCUT2D eigenvalue weighted by Crippen LogP contribution is -2.30. The first-order valence-electron chi connectivity index (χ1n) is 9.75. The molecule has 0 heterocycles. The van der Waals surface area contributed by atoms with Gasteiger partial charge in [0, 0.05) is 16.9 Å². The van der Waals surface area contributed by atoms with Gasteiger partial charge in [0.1, 0.15) is 5.75 Å². The van der Waals surface area contributed by atoms with Crippen LogP contribution in [0.2, 0.25) is 0 Å². The van der Waals surface area contributed by atoms with Crippen LogP contribution in [0.25, 0.3) is 0 Å². The molecule has 2 amide bonds. The van der Waals surface area contributed by atoms with Crippen LogP contribution >= 0.6 is 0 Å². The number of aryl methyl sites for hydroxylation is 1. The van der Waals surface area contributed by atoms with E-state index in [0.717, 1.165) is 17.7 Å². The van der Waals surface area contributed by atoms with Gasteiger partial charge in [-0.2, -0.15) is 13.2 Å². The van der Waals surface area contributed by atoms with Gasteiger partial charge in [0.05, 0.1) is 5.56 Å². The fourth-order valence-corrected chi connectivity index (χ4v) is 2.87. The SMILES string of the molecule is Cc1cccc(OC(C)C(=O)Nc2ccc(C(=O)Nc3cccc(C(F)(F)F)c3)cc2)c1. The number of anilines is 2. The van der Waals surface area contributed by atoms with Gasteiger partial charge in [0.2, 0.25) is 0 Å². The molecule has 3 rings (SSSR count). The molecule has 3 aromatic carbocycles. The van der Waals surface area contributed by atoms with E-state index in [9.17, 15) is 22.8 Å². The molecule has 1 unspecified atom stereocenters. The van der Waals surface area contributed by atoms with Crippen molar-refractivity contribution in [2.45, 2.75) is 26.1 Å². The first kappa shape index (κ1) is 22.9. The van der Waals surface area contributed by atoms with Crippen molar-refractivity contribution >= 4 is 23.2 Å². The Kier molecular flexibility index (Phi) is 6.82. The molecular formula is C24H21F3N2O3. The molecule has 3 aromatic rings. The van der Waals surface area contributed by atoms with E-state index in [1.165, 1.54) is 36.4 Å². The minimum absolute atomic E-state index is 0.0318. The summed E-state index contributed by atoms with van der Waals surface area (Å²) in [4.78, 5) is 24.7. The highest BCUT2D eigenvalue weighted by Gasteiger charge is 2.30. The molecule has 166 valence electrons. The summed E-state index contributed by atoms with van der Waals surface area (Å²) in [6.07, 6.45) is -5.25. The lowest BCUT2D eigenvalue weighted by molar-refractivity contribution is -0.137. The molecule has 0 bridgehead atoms. The van der Waals surface area contributed by atoms with E-state index in [4.69, 9.17) is 4.74 Å². The summed E-state index contributed by atoms with van der Waals surface area (Å²) in [5.41, 5.74) is 0.864. The number of carbonyl (C=O) groups is 2. The van der Waals surface area contributed by atoms with Gasteiger partial charge in [-0.15, -0.1) is 0 Å². The van der Waals surface area contributed by atoms with Crippen molar-refractivity contribution in [3.8, 4) is 5.75 Å². The highest BCUT2D eigenvalue weighted by molar-refractivity contribution is 6.04. The molecular weight excluding hydrogens is 421 g/mol. The normalized spacial score (nSPS) is 12.0. The van der Waals surface area contributed by atoms with Crippen LogP contribution in [0.15, 0.2) is 72.8 Å². The Morgan fingerprint density at radius 1 is 0.875 bits per heavy atom. The fraction of sp³-hybridized carbons (Fsp3) is 0.167. The summed E-state index contributed by atoms with van der Waals surface area (Å²) in [7, 11) is 0. The van der Waals surface area contributed by atoms with E-state index >= 15 is 0 Å². The molecule has 8 heteroatoms. The number of ether oxygens (including phenoxy) is 1. The van der Waals surface area contributed by atoms with E-state index in [-0.39, 0.29) is 17.2 Å². The molecule has 0 aliphatic carbocycles. The molecule has 1 atom stereocenters. The van der Waals surface area contributed by atoms with Gasteiger partial charge in [-0.25, -0.2) is 0 Å². The van der Waals surface area contributed by atoms with E-state index in [1.54, 1.807) is 13.0 Å². The van der Waals surface area contributed by atoms with Crippen molar-refractivity contribution in [3.63, 3.8) is 0 Å². The van der Waals surface area contributed by atoms with Crippen molar-refractivity contribution < 1.29 is 27.5 Å². The number of alkyl halides is 3. The van der Waals surface area contributed by atoms with Crippen molar-refractivity contribution in [2.75, 3.05) is 10.6 Å². The van der Waals surface area contributed by atoms with Gasteiger partial charge in [-0.3, -0.25) is 9.59 Å². The van der Waals surface area contributed by atoms with Crippen molar-refractivity contribution in [3.05, 3.63) is 89.5 Å². The number of halogens is 3. The lowest BCUT2D eigenvalue weighted by Gasteiger charge is -2.15. The number of hydrogen-bond acceptors (Lipinski definition) is 3. The first-order valence-corrected chi connectivity index (χ1v) is 9.75. The minimum Gasteiger partial charge on any atom is -0.481 e. The maximum absolute atomic E-state index is 12.8. The molecule has 0 saturated heterocycles. The maximum Gasteiger partial charge on any atom is 0.416 e. The third kappa shape index (κ3) is 6.10. The molecule has 32 heavy (non-hydrogen) atoms. The molecule has 0 fully saturated rings. The molecule has 0 radical (unpaired) electrons. The minimum atomic E-state index is -4.50. The zero-order valence-corrected chi connectivity index (χ0v) is 17.4. The number of amides is 2. The van der Waals surface area contributed by atoms with Crippen LogP contribution in [0.5, 0.6) is 5.75 Å². The third-order valence-corrected chi connectivity index (χ3v) is 4.53. The molecule has 0 aliphatic heterocycles. The topological polar surface area (TPSA) is 67.4 Å². The van der Waals surface area contributed by atoms with E-state index in [2.05, 4.69) is 10.6 Å². The average molecular weight is 442 g/mol. The highest BCUT2D eigenvalue weighted by Crippen LogP contribution is 2.30.